The molecule has 1 N–H and O–H groups in total. The van der Waals surface area contributed by atoms with Crippen LogP contribution in [0.2, 0.25) is 0 Å². The third-order valence-corrected chi connectivity index (χ3v) is 6.59. The first-order chi connectivity index (χ1) is 17.0. The molecule has 1 aliphatic rings. The first kappa shape index (κ1) is 28.9. The second kappa shape index (κ2) is 17.2. The number of quaternary nitrogens is 1. The van der Waals surface area contributed by atoms with Gasteiger partial charge in [0.05, 0.1) is 18.7 Å². The monoisotopic (exact) mass is 493 g/mol. The fraction of sp³-hybridized carbons (Fsp3) is 0.760. The van der Waals surface area contributed by atoms with Gasteiger partial charge in [0, 0.05) is 32.4 Å². The van der Waals surface area contributed by atoms with Crippen molar-refractivity contribution >= 4 is 11.7 Å². The zero-order valence-electron chi connectivity index (χ0n) is 21.3. The Bertz CT molecular complexity index is 725. The van der Waals surface area contributed by atoms with Crippen LogP contribution in [0.3, 0.4) is 0 Å². The summed E-state index contributed by atoms with van der Waals surface area (Å²) in [7, 11) is 2.11. The molecule has 1 unspecified atom stereocenters. The van der Waals surface area contributed by atoms with Gasteiger partial charge in [-0.05, 0) is 38.4 Å². The van der Waals surface area contributed by atoms with Crippen LogP contribution in [0.5, 0.6) is 0 Å². The number of aromatic nitrogens is 1. The third kappa shape index (κ3) is 12.3. The van der Waals surface area contributed by atoms with Gasteiger partial charge in [0.1, 0.15) is 5.82 Å². The minimum atomic E-state index is -0.732. The second-order valence-corrected chi connectivity index (χ2v) is 9.50. The molecule has 0 aliphatic carbocycles. The SMILES string of the molecule is CN1CCN(c2ccc(C(=O)[NH+]([O-])CCCCCCCCCCCCCCO[N+](=O)[O-])cn2)CC1. The summed E-state index contributed by atoms with van der Waals surface area (Å²) in [6, 6.07) is 3.58. The van der Waals surface area contributed by atoms with Gasteiger partial charge in [-0.2, -0.15) is 0 Å². The largest absolute Gasteiger partial charge is 0.626 e. The van der Waals surface area contributed by atoms with Crippen LogP contribution in [0.1, 0.15) is 87.4 Å². The summed E-state index contributed by atoms with van der Waals surface area (Å²) in [4.78, 5) is 35.7. The van der Waals surface area contributed by atoms with Gasteiger partial charge in [-0.3, -0.25) is 0 Å². The predicted molar refractivity (Wildman–Crippen MR) is 136 cm³/mol. The Morgan fingerprint density at radius 1 is 0.943 bits per heavy atom. The highest BCUT2D eigenvalue weighted by Crippen LogP contribution is 2.14. The number of nitrogens with zero attached hydrogens (tertiary/aromatic N) is 4. The predicted octanol–water partition coefficient (Wildman–Crippen LogP) is 3.25. The number of carbonyl (C=O) groups is 1. The van der Waals surface area contributed by atoms with E-state index in [0.29, 0.717) is 12.1 Å². The van der Waals surface area contributed by atoms with E-state index in [4.69, 9.17) is 0 Å². The standard InChI is InChI=1S/C25H43N5O5/c1-27-17-19-28(20-18-27)24-15-14-23(22-26-24)25(31)29(32)16-12-10-8-6-4-2-3-5-7-9-11-13-21-35-30(33)34/h14-15,22,29H,2-13,16-21H2,1H3. The molecule has 0 bridgehead atoms. The van der Waals surface area contributed by atoms with E-state index in [9.17, 15) is 20.1 Å². The minimum absolute atomic E-state index is 0.203. The molecule has 1 aromatic heterocycles. The summed E-state index contributed by atoms with van der Waals surface area (Å²) < 4.78 is 0. The molecule has 0 saturated carbocycles. The van der Waals surface area contributed by atoms with Gasteiger partial charge in [0.15, 0.2) is 0 Å². The third-order valence-electron chi connectivity index (χ3n) is 6.59. The Kier molecular flexibility index (Phi) is 14.2. The summed E-state index contributed by atoms with van der Waals surface area (Å²) in [6.07, 6.45) is 14.4. The van der Waals surface area contributed by atoms with Crippen molar-refractivity contribution in [3.63, 3.8) is 0 Å². The maximum Gasteiger partial charge on any atom is 0.345 e. The van der Waals surface area contributed by atoms with Gasteiger partial charge in [-0.15, -0.1) is 10.1 Å². The number of likely N-dealkylation sites (N-methyl/N-ethyl adjacent to an activating group) is 1. The topological polar surface area (TPSA) is 116 Å². The summed E-state index contributed by atoms with van der Waals surface area (Å²) in [5.41, 5.74) is 0.387. The number of anilines is 1. The molecule has 2 rings (SSSR count). The average molecular weight is 494 g/mol. The number of hydrogen-bond acceptors (Lipinski definition) is 8. The number of hydrogen-bond donors (Lipinski definition) is 1. The first-order valence-corrected chi connectivity index (χ1v) is 13.2. The van der Waals surface area contributed by atoms with Crippen molar-refractivity contribution in [1.29, 1.82) is 0 Å². The maximum absolute atomic E-state index is 12.4. The van der Waals surface area contributed by atoms with Crippen LogP contribution in [0.4, 0.5) is 5.82 Å². The molecule has 1 fully saturated rings. The van der Waals surface area contributed by atoms with Crippen molar-refractivity contribution in [2.24, 2.45) is 0 Å². The van der Waals surface area contributed by atoms with Crippen LogP contribution in [-0.2, 0) is 4.84 Å². The fourth-order valence-electron chi connectivity index (χ4n) is 4.31. The number of unbranched alkanes of at least 4 members (excludes halogenated alkanes) is 11. The normalized spacial score (nSPS) is 15.2. The summed E-state index contributed by atoms with van der Waals surface area (Å²) in [5, 5.41) is 21.3. The highest BCUT2D eigenvalue weighted by Gasteiger charge is 2.18. The molecule has 1 aliphatic heterocycles. The van der Waals surface area contributed by atoms with E-state index in [1.807, 2.05) is 6.07 Å². The van der Waals surface area contributed by atoms with Crippen LogP contribution in [0, 0.1) is 15.3 Å². The fourth-order valence-corrected chi connectivity index (χ4v) is 4.31. The van der Waals surface area contributed by atoms with Gasteiger partial charge in [-0.1, -0.05) is 57.8 Å². The van der Waals surface area contributed by atoms with E-state index < -0.39 is 11.0 Å². The molecule has 1 atom stereocenters. The van der Waals surface area contributed by atoms with E-state index in [2.05, 4.69) is 26.7 Å². The van der Waals surface area contributed by atoms with E-state index in [1.165, 1.54) is 32.1 Å². The lowest BCUT2D eigenvalue weighted by molar-refractivity contribution is -0.757. The number of rotatable bonds is 18. The molecule has 35 heavy (non-hydrogen) atoms. The van der Waals surface area contributed by atoms with Crippen LogP contribution in [0.25, 0.3) is 0 Å². The van der Waals surface area contributed by atoms with Crippen LogP contribution in [-0.4, -0.2) is 67.3 Å². The Labute approximate surface area is 209 Å². The van der Waals surface area contributed by atoms with Gasteiger partial charge in [-0.25, -0.2) is 9.78 Å². The van der Waals surface area contributed by atoms with Crippen molar-refractivity contribution in [2.75, 3.05) is 51.3 Å². The molecule has 2 heterocycles. The lowest BCUT2D eigenvalue weighted by Gasteiger charge is -2.33. The summed E-state index contributed by atoms with van der Waals surface area (Å²) >= 11 is 0. The Morgan fingerprint density at radius 2 is 1.49 bits per heavy atom. The van der Waals surface area contributed by atoms with E-state index in [1.54, 1.807) is 12.3 Å². The van der Waals surface area contributed by atoms with Crippen molar-refractivity contribution in [3.05, 3.63) is 39.2 Å². The van der Waals surface area contributed by atoms with Gasteiger partial charge in [0.25, 0.3) is 5.09 Å². The zero-order valence-corrected chi connectivity index (χ0v) is 21.3. The number of nitrogens with one attached hydrogen (secondary N) is 1. The van der Waals surface area contributed by atoms with Gasteiger partial charge >= 0.3 is 5.91 Å². The number of piperazine rings is 1. The number of amides is 1. The van der Waals surface area contributed by atoms with E-state index in [-0.39, 0.29) is 11.7 Å². The molecular weight excluding hydrogens is 450 g/mol. The first-order valence-electron chi connectivity index (χ1n) is 13.2. The Morgan fingerprint density at radius 3 is 2.00 bits per heavy atom. The Hall–Kier alpha value is -2.30. The molecule has 0 radical (unpaired) electrons. The maximum atomic E-state index is 12.4. The molecule has 10 heteroatoms. The van der Waals surface area contributed by atoms with Gasteiger partial charge < -0.3 is 24.9 Å². The van der Waals surface area contributed by atoms with E-state index in [0.717, 1.165) is 76.9 Å². The lowest BCUT2D eigenvalue weighted by atomic mass is 10.1. The highest BCUT2D eigenvalue weighted by atomic mass is 16.9. The molecule has 10 nitrogen and oxygen atoms in total. The number of pyridine rings is 1. The molecule has 0 aromatic carbocycles. The van der Waals surface area contributed by atoms with Crippen molar-refractivity contribution in [1.82, 2.24) is 9.88 Å². The summed E-state index contributed by atoms with van der Waals surface area (Å²) in [5.74, 6) is 0.440. The summed E-state index contributed by atoms with van der Waals surface area (Å²) in [6.45, 7) is 4.34. The van der Waals surface area contributed by atoms with Crippen molar-refractivity contribution in [2.45, 2.75) is 77.0 Å². The molecule has 1 saturated heterocycles. The second-order valence-electron chi connectivity index (χ2n) is 9.50. The van der Waals surface area contributed by atoms with Crippen molar-refractivity contribution in [3.8, 4) is 0 Å². The smallest absolute Gasteiger partial charge is 0.345 e. The zero-order chi connectivity index (χ0) is 25.3. The Balaban J connectivity index is 1.44. The van der Waals surface area contributed by atoms with E-state index >= 15 is 0 Å². The molecular formula is C25H43N5O5. The highest BCUT2D eigenvalue weighted by molar-refractivity contribution is 5.87. The van der Waals surface area contributed by atoms with Gasteiger partial charge in [0.2, 0.25) is 0 Å². The number of hydroxylamine groups is 2. The average Bonchev–Trinajstić information content (AvgIpc) is 2.86. The molecule has 1 amide bonds. The number of carbonyl (C=O) groups excluding carboxylic acids is 1. The lowest BCUT2D eigenvalue weighted by Crippen LogP contribution is -3.10. The quantitative estimate of drug-likeness (QED) is 0.188. The van der Waals surface area contributed by atoms with Crippen molar-refractivity contribution < 1.29 is 19.8 Å². The molecule has 198 valence electrons. The molecule has 0 spiro atoms. The molecule has 1 aromatic rings. The van der Waals surface area contributed by atoms with Crippen LogP contribution in [0.15, 0.2) is 18.3 Å². The minimum Gasteiger partial charge on any atom is -0.626 e. The van der Waals surface area contributed by atoms with Crippen LogP contribution < -0.4 is 9.96 Å². The van der Waals surface area contributed by atoms with Crippen LogP contribution >= 0.6 is 0 Å².